The van der Waals surface area contributed by atoms with Gasteiger partial charge in [-0.3, -0.25) is 4.79 Å². The van der Waals surface area contributed by atoms with Crippen molar-refractivity contribution in [3.05, 3.63) is 23.7 Å². The summed E-state index contributed by atoms with van der Waals surface area (Å²) in [5, 5.41) is 6.13. The molecule has 16 heavy (non-hydrogen) atoms. The van der Waals surface area contributed by atoms with E-state index in [-0.39, 0.29) is 11.8 Å². The largest absolute Gasteiger partial charge is 0.466 e. The van der Waals surface area contributed by atoms with Crippen LogP contribution in [0, 0.1) is 12.8 Å². The summed E-state index contributed by atoms with van der Waals surface area (Å²) in [5.74, 6) is 2.16. The van der Waals surface area contributed by atoms with Crippen LogP contribution in [0.4, 0.5) is 0 Å². The van der Waals surface area contributed by atoms with E-state index < -0.39 is 0 Å². The van der Waals surface area contributed by atoms with Crippen LogP contribution in [0.15, 0.2) is 16.5 Å². The monoisotopic (exact) mass is 222 g/mol. The fourth-order valence-corrected chi connectivity index (χ4v) is 1.95. The highest BCUT2D eigenvalue weighted by Crippen LogP contribution is 2.08. The minimum Gasteiger partial charge on any atom is -0.466 e. The molecule has 1 saturated heterocycles. The third kappa shape index (κ3) is 2.85. The zero-order valence-corrected chi connectivity index (χ0v) is 9.58. The molecule has 0 aromatic carbocycles. The summed E-state index contributed by atoms with van der Waals surface area (Å²) in [5.41, 5.74) is 0. The highest BCUT2D eigenvalue weighted by atomic mass is 16.3. The molecule has 1 aromatic rings. The Labute approximate surface area is 95.4 Å². The molecule has 2 heterocycles. The molecule has 0 radical (unpaired) electrons. The third-order valence-electron chi connectivity index (χ3n) is 2.90. The van der Waals surface area contributed by atoms with Gasteiger partial charge in [0, 0.05) is 19.5 Å². The molecule has 1 aromatic heterocycles. The van der Waals surface area contributed by atoms with Crippen LogP contribution in [-0.4, -0.2) is 25.5 Å². The normalized spacial score (nSPS) is 19.9. The van der Waals surface area contributed by atoms with E-state index in [0.717, 1.165) is 37.5 Å². The van der Waals surface area contributed by atoms with Gasteiger partial charge < -0.3 is 15.1 Å². The van der Waals surface area contributed by atoms with Gasteiger partial charge in [0.05, 0.1) is 5.92 Å². The average molecular weight is 222 g/mol. The van der Waals surface area contributed by atoms with Crippen LogP contribution in [0.3, 0.4) is 0 Å². The lowest BCUT2D eigenvalue weighted by atomic mass is 10.1. The van der Waals surface area contributed by atoms with E-state index in [1.54, 1.807) is 0 Å². The molecule has 1 aliphatic rings. The van der Waals surface area contributed by atoms with Crippen LogP contribution < -0.4 is 10.6 Å². The van der Waals surface area contributed by atoms with Crippen molar-refractivity contribution in [2.75, 3.05) is 19.6 Å². The summed E-state index contributed by atoms with van der Waals surface area (Å²) in [4.78, 5) is 11.7. The zero-order chi connectivity index (χ0) is 11.4. The number of carbonyl (C=O) groups is 1. The molecule has 1 aliphatic heterocycles. The number of amides is 1. The highest BCUT2D eigenvalue weighted by Gasteiger charge is 2.21. The lowest BCUT2D eigenvalue weighted by Gasteiger charge is -2.08. The van der Waals surface area contributed by atoms with Gasteiger partial charge in [0.1, 0.15) is 11.5 Å². The van der Waals surface area contributed by atoms with Gasteiger partial charge in [0.2, 0.25) is 5.91 Å². The van der Waals surface area contributed by atoms with E-state index in [9.17, 15) is 4.79 Å². The van der Waals surface area contributed by atoms with Crippen molar-refractivity contribution in [1.82, 2.24) is 10.6 Å². The third-order valence-corrected chi connectivity index (χ3v) is 2.90. The molecule has 0 aliphatic carbocycles. The summed E-state index contributed by atoms with van der Waals surface area (Å²) in [6.07, 6.45) is 1.71. The molecule has 0 spiro atoms. The number of aryl methyl sites for hydroxylation is 1. The second-order valence-electron chi connectivity index (χ2n) is 4.24. The van der Waals surface area contributed by atoms with Crippen molar-refractivity contribution in [1.29, 1.82) is 0 Å². The van der Waals surface area contributed by atoms with Gasteiger partial charge in [-0.15, -0.1) is 0 Å². The Bertz CT molecular complexity index is 354. The molecule has 1 fully saturated rings. The van der Waals surface area contributed by atoms with Crippen LogP contribution in [-0.2, 0) is 11.2 Å². The molecule has 88 valence electrons. The summed E-state index contributed by atoms with van der Waals surface area (Å²) in [6, 6.07) is 3.90. The number of carbonyl (C=O) groups excluding carboxylic acids is 1. The quantitative estimate of drug-likeness (QED) is 0.794. The van der Waals surface area contributed by atoms with Gasteiger partial charge in [-0.05, 0) is 32.0 Å². The molecule has 0 saturated carbocycles. The van der Waals surface area contributed by atoms with Crippen molar-refractivity contribution in [3.63, 3.8) is 0 Å². The van der Waals surface area contributed by atoms with Gasteiger partial charge >= 0.3 is 0 Å². The smallest absolute Gasteiger partial charge is 0.224 e. The summed E-state index contributed by atoms with van der Waals surface area (Å²) >= 11 is 0. The minimum absolute atomic E-state index is 0.151. The first kappa shape index (κ1) is 11.2. The molecule has 0 bridgehead atoms. The van der Waals surface area contributed by atoms with Crippen molar-refractivity contribution >= 4 is 5.91 Å². The topological polar surface area (TPSA) is 54.3 Å². The average Bonchev–Trinajstić information content (AvgIpc) is 2.89. The van der Waals surface area contributed by atoms with Gasteiger partial charge in [-0.1, -0.05) is 0 Å². The number of furan rings is 1. The summed E-state index contributed by atoms with van der Waals surface area (Å²) in [7, 11) is 0. The van der Waals surface area contributed by atoms with E-state index >= 15 is 0 Å². The minimum atomic E-state index is 0.151. The van der Waals surface area contributed by atoms with Crippen molar-refractivity contribution in [3.8, 4) is 0 Å². The summed E-state index contributed by atoms with van der Waals surface area (Å²) in [6.45, 7) is 4.34. The maximum Gasteiger partial charge on any atom is 0.224 e. The van der Waals surface area contributed by atoms with E-state index in [2.05, 4.69) is 10.6 Å². The van der Waals surface area contributed by atoms with Crippen molar-refractivity contribution < 1.29 is 9.21 Å². The molecular formula is C12H18N2O2. The first-order valence-electron chi connectivity index (χ1n) is 5.79. The molecule has 2 N–H and O–H groups in total. The van der Waals surface area contributed by atoms with Gasteiger partial charge in [0.25, 0.3) is 0 Å². The first-order valence-corrected chi connectivity index (χ1v) is 5.79. The Hall–Kier alpha value is -1.29. The van der Waals surface area contributed by atoms with Crippen molar-refractivity contribution in [2.24, 2.45) is 5.92 Å². The van der Waals surface area contributed by atoms with E-state index in [0.29, 0.717) is 6.54 Å². The van der Waals surface area contributed by atoms with Crippen LogP contribution in [0.5, 0.6) is 0 Å². The fraction of sp³-hybridized carbons (Fsp3) is 0.583. The lowest BCUT2D eigenvalue weighted by Crippen LogP contribution is -2.33. The molecule has 4 nitrogen and oxygen atoms in total. The maximum atomic E-state index is 11.7. The Balaban J connectivity index is 1.69. The second-order valence-corrected chi connectivity index (χ2v) is 4.24. The van der Waals surface area contributed by atoms with E-state index in [1.807, 2.05) is 19.1 Å². The predicted octanol–water partition coefficient (Wildman–Crippen LogP) is 0.856. The maximum absolute atomic E-state index is 11.7. The Kier molecular flexibility index (Phi) is 3.62. The van der Waals surface area contributed by atoms with Gasteiger partial charge in [-0.2, -0.15) is 0 Å². The van der Waals surface area contributed by atoms with Crippen LogP contribution in [0.2, 0.25) is 0 Å². The molecule has 2 rings (SSSR count). The molecule has 4 heteroatoms. The zero-order valence-electron chi connectivity index (χ0n) is 9.58. The SMILES string of the molecule is Cc1ccc(CCNC(=O)C2CCNC2)o1. The highest BCUT2D eigenvalue weighted by molar-refractivity contribution is 5.79. The van der Waals surface area contributed by atoms with E-state index in [1.165, 1.54) is 0 Å². The number of hydrogen-bond donors (Lipinski definition) is 2. The molecule has 1 unspecified atom stereocenters. The molecular weight excluding hydrogens is 204 g/mol. The van der Waals surface area contributed by atoms with Crippen LogP contribution in [0.1, 0.15) is 17.9 Å². The van der Waals surface area contributed by atoms with Crippen LogP contribution >= 0.6 is 0 Å². The van der Waals surface area contributed by atoms with Gasteiger partial charge in [-0.25, -0.2) is 0 Å². The van der Waals surface area contributed by atoms with E-state index in [4.69, 9.17) is 4.42 Å². The van der Waals surface area contributed by atoms with Gasteiger partial charge in [0.15, 0.2) is 0 Å². The standard InChI is InChI=1S/C12H18N2O2/c1-9-2-3-11(16-9)5-7-14-12(15)10-4-6-13-8-10/h2-3,10,13H,4-8H2,1H3,(H,14,15). The fourth-order valence-electron chi connectivity index (χ4n) is 1.95. The molecule has 1 amide bonds. The summed E-state index contributed by atoms with van der Waals surface area (Å²) < 4.78 is 5.43. The van der Waals surface area contributed by atoms with Crippen molar-refractivity contribution in [2.45, 2.75) is 19.8 Å². The first-order chi connectivity index (χ1) is 7.75. The Morgan fingerprint density at radius 1 is 1.62 bits per heavy atom. The van der Waals surface area contributed by atoms with Crippen LogP contribution in [0.25, 0.3) is 0 Å². The predicted molar refractivity (Wildman–Crippen MR) is 61.1 cm³/mol. The molecule has 1 atom stereocenters. The number of rotatable bonds is 4. The lowest BCUT2D eigenvalue weighted by molar-refractivity contribution is -0.124. The number of nitrogens with one attached hydrogen (secondary N) is 2. The Morgan fingerprint density at radius 3 is 3.12 bits per heavy atom. The number of hydrogen-bond acceptors (Lipinski definition) is 3. The second kappa shape index (κ2) is 5.16. The Morgan fingerprint density at radius 2 is 2.50 bits per heavy atom.